The topological polar surface area (TPSA) is 61.8 Å². The van der Waals surface area contributed by atoms with Gasteiger partial charge in [0.15, 0.2) is 0 Å². The molecule has 1 aromatic rings. The van der Waals surface area contributed by atoms with Gasteiger partial charge in [-0.3, -0.25) is 4.18 Å². The molecule has 0 amide bonds. The van der Waals surface area contributed by atoms with E-state index in [1.165, 1.54) is 0 Å². The zero-order valence-electron chi connectivity index (χ0n) is 14.9. The van der Waals surface area contributed by atoms with E-state index in [9.17, 15) is 8.42 Å². The normalized spacial score (nSPS) is 20.0. The van der Waals surface area contributed by atoms with Crippen molar-refractivity contribution in [3.8, 4) is 0 Å². The minimum absolute atomic E-state index is 0.0756. The SMILES string of the molecule is Cc1ccc(S(=O)(=O)OCC/C=C/B2OC(C)(C)C(C)(C)O2)cc1. The van der Waals surface area contributed by atoms with E-state index in [2.05, 4.69) is 0 Å². The van der Waals surface area contributed by atoms with Crippen LogP contribution in [0.4, 0.5) is 0 Å². The van der Waals surface area contributed by atoms with Crippen LogP contribution in [0, 0.1) is 6.92 Å². The lowest BCUT2D eigenvalue weighted by atomic mass is 9.90. The molecule has 0 aromatic heterocycles. The Labute approximate surface area is 145 Å². The summed E-state index contributed by atoms with van der Waals surface area (Å²) in [5, 5.41) is 0. The number of hydrogen-bond donors (Lipinski definition) is 0. The Hall–Kier alpha value is -1.15. The summed E-state index contributed by atoms with van der Waals surface area (Å²) in [7, 11) is -4.14. The molecule has 0 spiro atoms. The van der Waals surface area contributed by atoms with Gasteiger partial charge in [0.2, 0.25) is 0 Å². The third kappa shape index (κ3) is 4.48. The third-order valence-corrected chi connectivity index (χ3v) is 5.72. The maximum atomic E-state index is 12.0. The van der Waals surface area contributed by atoms with Gasteiger partial charge in [-0.05, 0) is 53.2 Å². The van der Waals surface area contributed by atoms with Crippen molar-refractivity contribution in [1.29, 1.82) is 0 Å². The average Bonchev–Trinajstić information content (AvgIpc) is 2.66. The Morgan fingerprint density at radius 1 is 1.08 bits per heavy atom. The molecular formula is C17H25BO5S. The lowest BCUT2D eigenvalue weighted by molar-refractivity contribution is 0.00578. The van der Waals surface area contributed by atoms with Crippen molar-refractivity contribution >= 4 is 17.2 Å². The zero-order valence-corrected chi connectivity index (χ0v) is 15.7. The monoisotopic (exact) mass is 352 g/mol. The molecule has 1 fully saturated rings. The number of benzene rings is 1. The molecule has 0 aliphatic carbocycles. The second-order valence-corrected chi connectivity index (χ2v) is 8.55. The Bertz CT molecular complexity index is 676. The summed E-state index contributed by atoms with van der Waals surface area (Å²) in [5.41, 5.74) is 0.236. The van der Waals surface area contributed by atoms with Crippen LogP contribution in [0.5, 0.6) is 0 Å². The molecule has 0 radical (unpaired) electrons. The largest absolute Gasteiger partial charge is 0.486 e. The summed E-state index contributed by atoms with van der Waals surface area (Å²) in [6.07, 6.45) is 2.27. The van der Waals surface area contributed by atoms with Crippen LogP contribution < -0.4 is 0 Å². The number of rotatable bonds is 6. The highest BCUT2D eigenvalue weighted by molar-refractivity contribution is 7.86. The minimum Gasteiger partial charge on any atom is -0.400 e. The summed E-state index contributed by atoms with van der Waals surface area (Å²) in [5.74, 6) is 1.79. The van der Waals surface area contributed by atoms with Crippen molar-refractivity contribution in [2.24, 2.45) is 0 Å². The Morgan fingerprint density at radius 2 is 1.62 bits per heavy atom. The van der Waals surface area contributed by atoms with Gasteiger partial charge in [0.05, 0.1) is 22.7 Å². The molecular weight excluding hydrogens is 327 g/mol. The molecule has 1 aromatic carbocycles. The van der Waals surface area contributed by atoms with Gasteiger partial charge in [-0.1, -0.05) is 29.7 Å². The van der Waals surface area contributed by atoms with Gasteiger partial charge in [0.1, 0.15) is 0 Å². The first-order chi connectivity index (χ1) is 11.0. The maximum absolute atomic E-state index is 12.0. The Kier molecular flexibility index (Phi) is 5.59. The third-order valence-electron chi connectivity index (χ3n) is 4.40. The Balaban J connectivity index is 1.82. The van der Waals surface area contributed by atoms with Gasteiger partial charge in [-0.15, -0.1) is 0 Å². The first kappa shape index (κ1) is 19.2. The molecule has 0 saturated carbocycles. The van der Waals surface area contributed by atoms with Crippen LogP contribution in [-0.2, 0) is 23.6 Å². The molecule has 5 nitrogen and oxygen atoms in total. The predicted octanol–water partition coefficient (Wildman–Crippen LogP) is 3.28. The molecule has 132 valence electrons. The minimum atomic E-state index is -3.71. The van der Waals surface area contributed by atoms with E-state index in [1.54, 1.807) is 30.2 Å². The number of aryl methyl sites for hydroxylation is 1. The van der Waals surface area contributed by atoms with Gasteiger partial charge in [-0.2, -0.15) is 8.42 Å². The van der Waals surface area contributed by atoms with E-state index in [4.69, 9.17) is 13.5 Å². The molecule has 1 aliphatic rings. The molecule has 0 unspecified atom stereocenters. The van der Waals surface area contributed by atoms with Crippen molar-refractivity contribution in [3.63, 3.8) is 0 Å². The lowest BCUT2D eigenvalue weighted by Crippen LogP contribution is -2.41. The van der Waals surface area contributed by atoms with Crippen molar-refractivity contribution in [3.05, 3.63) is 41.9 Å². The smallest absolute Gasteiger partial charge is 0.400 e. The van der Waals surface area contributed by atoms with Gasteiger partial charge in [0.25, 0.3) is 10.1 Å². The van der Waals surface area contributed by atoms with Gasteiger partial charge in [0, 0.05) is 0 Å². The fourth-order valence-corrected chi connectivity index (χ4v) is 3.09. The fourth-order valence-electron chi connectivity index (χ4n) is 2.17. The lowest BCUT2D eigenvalue weighted by Gasteiger charge is -2.32. The summed E-state index contributed by atoms with van der Waals surface area (Å²) in [4.78, 5) is 0.169. The van der Waals surface area contributed by atoms with Crippen LogP contribution in [0.15, 0.2) is 41.2 Å². The molecule has 1 saturated heterocycles. The summed E-state index contributed by atoms with van der Waals surface area (Å²) in [6, 6.07) is 6.58. The second kappa shape index (κ2) is 7.00. The first-order valence-electron chi connectivity index (χ1n) is 8.02. The van der Waals surface area contributed by atoms with Crippen molar-refractivity contribution in [1.82, 2.24) is 0 Å². The molecule has 24 heavy (non-hydrogen) atoms. The second-order valence-electron chi connectivity index (χ2n) is 6.93. The number of hydrogen-bond acceptors (Lipinski definition) is 5. The average molecular weight is 352 g/mol. The van der Waals surface area contributed by atoms with E-state index >= 15 is 0 Å². The van der Waals surface area contributed by atoms with Gasteiger partial charge >= 0.3 is 7.12 Å². The quantitative estimate of drug-likeness (QED) is 0.447. The van der Waals surface area contributed by atoms with E-state index < -0.39 is 17.2 Å². The van der Waals surface area contributed by atoms with Crippen molar-refractivity contribution in [2.45, 2.75) is 57.1 Å². The highest BCUT2D eigenvalue weighted by Crippen LogP contribution is 2.36. The van der Waals surface area contributed by atoms with E-state index in [0.717, 1.165) is 5.56 Å². The molecule has 1 heterocycles. The first-order valence-corrected chi connectivity index (χ1v) is 9.43. The highest BCUT2D eigenvalue weighted by atomic mass is 32.2. The van der Waals surface area contributed by atoms with Crippen molar-refractivity contribution in [2.75, 3.05) is 6.61 Å². The molecule has 0 atom stereocenters. The van der Waals surface area contributed by atoms with Crippen LogP contribution in [0.3, 0.4) is 0 Å². The zero-order chi connectivity index (χ0) is 18.0. The highest BCUT2D eigenvalue weighted by Gasteiger charge is 2.49. The summed E-state index contributed by atoms with van der Waals surface area (Å²) in [6.45, 7) is 9.91. The molecule has 0 bridgehead atoms. The fraction of sp³-hybridized carbons (Fsp3) is 0.529. The van der Waals surface area contributed by atoms with Crippen LogP contribution >= 0.6 is 0 Å². The van der Waals surface area contributed by atoms with Gasteiger partial charge < -0.3 is 9.31 Å². The van der Waals surface area contributed by atoms with Crippen LogP contribution in [0.2, 0.25) is 0 Å². The molecule has 1 aliphatic heterocycles. The summed E-state index contributed by atoms with van der Waals surface area (Å²) < 4.78 is 40.8. The standard InChI is InChI=1S/C17H25BO5S/c1-14-8-10-15(11-9-14)24(19,20)21-13-7-6-12-18-22-16(2,3)17(4,5)23-18/h6,8-12H,7,13H2,1-5H3/b12-6+. The predicted molar refractivity (Wildman–Crippen MR) is 94.2 cm³/mol. The molecule has 7 heteroatoms. The van der Waals surface area contributed by atoms with E-state index in [0.29, 0.717) is 6.42 Å². The van der Waals surface area contributed by atoms with Gasteiger partial charge in [-0.25, -0.2) is 0 Å². The molecule has 0 N–H and O–H groups in total. The van der Waals surface area contributed by atoms with Crippen LogP contribution in [0.25, 0.3) is 0 Å². The van der Waals surface area contributed by atoms with E-state index in [-0.39, 0.29) is 22.7 Å². The van der Waals surface area contributed by atoms with Crippen molar-refractivity contribution < 1.29 is 21.9 Å². The maximum Gasteiger partial charge on any atom is 0.486 e. The summed E-state index contributed by atoms with van der Waals surface area (Å²) >= 11 is 0. The van der Waals surface area contributed by atoms with Crippen LogP contribution in [0.1, 0.15) is 39.7 Å². The van der Waals surface area contributed by atoms with E-state index in [1.807, 2.05) is 40.7 Å². The molecule has 2 rings (SSSR count). The van der Waals surface area contributed by atoms with Crippen LogP contribution in [-0.4, -0.2) is 33.3 Å². The Morgan fingerprint density at radius 3 is 2.17 bits per heavy atom.